The van der Waals surface area contributed by atoms with Gasteiger partial charge in [0.1, 0.15) is 23.3 Å². The van der Waals surface area contributed by atoms with Gasteiger partial charge in [0.25, 0.3) is 5.91 Å². The van der Waals surface area contributed by atoms with Crippen LogP contribution in [-0.4, -0.2) is 49.2 Å². The molecule has 0 aliphatic carbocycles. The Bertz CT molecular complexity index is 1090. The minimum Gasteiger partial charge on any atom is -0.481 e. The van der Waals surface area contributed by atoms with E-state index >= 15 is 0 Å². The van der Waals surface area contributed by atoms with Crippen molar-refractivity contribution in [2.24, 2.45) is 0 Å². The highest BCUT2D eigenvalue weighted by Crippen LogP contribution is 2.33. The molecule has 184 valence electrons. The van der Waals surface area contributed by atoms with Gasteiger partial charge in [-0.3, -0.25) is 9.69 Å². The number of hydrogen-bond donors (Lipinski definition) is 1. The van der Waals surface area contributed by atoms with Crippen molar-refractivity contribution in [2.45, 2.75) is 58.5 Å². The number of halogens is 2. The van der Waals surface area contributed by atoms with Crippen LogP contribution in [0.4, 0.5) is 19.3 Å². The van der Waals surface area contributed by atoms with E-state index < -0.39 is 43.4 Å². The van der Waals surface area contributed by atoms with E-state index in [4.69, 9.17) is 9.47 Å². The zero-order valence-electron chi connectivity index (χ0n) is 20.6. The van der Waals surface area contributed by atoms with E-state index in [1.807, 2.05) is 19.6 Å². The molecule has 3 rings (SSSR count). The van der Waals surface area contributed by atoms with Crippen LogP contribution in [0.3, 0.4) is 0 Å². The Morgan fingerprint density at radius 2 is 1.76 bits per heavy atom. The monoisotopic (exact) mass is 491 g/mol. The summed E-state index contributed by atoms with van der Waals surface area (Å²) < 4.78 is 40.2. The number of methoxy groups -OCH3 is 1. The third-order valence-electron chi connectivity index (χ3n) is 5.32. The molecule has 1 N–H and O–H groups in total. The van der Waals surface area contributed by atoms with Gasteiger partial charge < -0.3 is 14.8 Å². The Kier molecular flexibility index (Phi) is 7.02. The van der Waals surface area contributed by atoms with Gasteiger partial charge in [0, 0.05) is 35.5 Å². The van der Waals surface area contributed by atoms with Gasteiger partial charge in [0.2, 0.25) is 5.88 Å². The third-order valence-corrected chi connectivity index (χ3v) is 7.30. The van der Waals surface area contributed by atoms with Crippen LogP contribution in [0.5, 0.6) is 5.88 Å². The van der Waals surface area contributed by atoms with Gasteiger partial charge in [-0.1, -0.05) is 19.6 Å². The number of anilines is 1. The SMILES string of the molecule is COc1ccc2c(n1)CCN(C(=O)OC(C)(C)C)[C@@H]2C(=O)Nc1cc(F)c([Si](C)(C)C)c(F)c1. The summed E-state index contributed by atoms with van der Waals surface area (Å²) in [6, 6.07) is 4.39. The zero-order chi connectivity index (χ0) is 25.4. The molecule has 1 aromatic carbocycles. The number of carbonyl (C=O) groups excluding carboxylic acids is 2. The number of hydrogen-bond acceptors (Lipinski definition) is 5. The van der Waals surface area contributed by atoms with E-state index in [0.29, 0.717) is 23.6 Å². The molecule has 0 radical (unpaired) electrons. The summed E-state index contributed by atoms with van der Waals surface area (Å²) in [6.45, 7) is 10.9. The van der Waals surface area contributed by atoms with Crippen LogP contribution in [0.2, 0.25) is 19.6 Å². The lowest BCUT2D eigenvalue weighted by molar-refractivity contribution is -0.122. The van der Waals surface area contributed by atoms with Crippen molar-refractivity contribution < 1.29 is 27.8 Å². The number of fused-ring (bicyclic) bond motifs is 1. The molecule has 1 aliphatic rings. The fourth-order valence-corrected chi connectivity index (χ4v) is 5.53. The molecule has 0 unspecified atom stereocenters. The van der Waals surface area contributed by atoms with Crippen LogP contribution in [0.15, 0.2) is 24.3 Å². The normalized spacial score (nSPS) is 16.0. The highest BCUT2D eigenvalue weighted by Gasteiger charge is 2.39. The smallest absolute Gasteiger partial charge is 0.411 e. The Morgan fingerprint density at radius 1 is 1.15 bits per heavy atom. The second-order valence-electron chi connectivity index (χ2n) is 10.3. The number of nitrogens with one attached hydrogen (secondary N) is 1. The zero-order valence-corrected chi connectivity index (χ0v) is 21.6. The topological polar surface area (TPSA) is 80.8 Å². The average molecular weight is 492 g/mol. The third kappa shape index (κ3) is 5.55. The molecule has 0 saturated carbocycles. The predicted molar refractivity (Wildman–Crippen MR) is 128 cm³/mol. The van der Waals surface area contributed by atoms with Gasteiger partial charge in [0.05, 0.1) is 20.9 Å². The molecule has 1 aromatic heterocycles. The summed E-state index contributed by atoms with van der Waals surface area (Å²) in [5.74, 6) is -1.64. The molecule has 34 heavy (non-hydrogen) atoms. The summed E-state index contributed by atoms with van der Waals surface area (Å²) in [7, 11) is -0.787. The van der Waals surface area contributed by atoms with Gasteiger partial charge in [-0.2, -0.15) is 0 Å². The largest absolute Gasteiger partial charge is 0.481 e. The summed E-state index contributed by atoms with van der Waals surface area (Å²) in [5, 5.41) is 2.65. The van der Waals surface area contributed by atoms with Crippen LogP contribution in [0.25, 0.3) is 0 Å². The number of nitrogens with zero attached hydrogens (tertiary/aromatic N) is 2. The first-order valence-electron chi connectivity index (χ1n) is 11.0. The highest BCUT2D eigenvalue weighted by atomic mass is 28.3. The van der Waals surface area contributed by atoms with E-state index in [9.17, 15) is 18.4 Å². The standard InChI is InChI=1S/C24H31F2N3O4Si/c1-24(2,3)33-23(31)29-11-10-18-15(8-9-19(28-18)32-4)20(29)22(30)27-14-12-16(25)21(17(26)13-14)34(5,6)7/h8-9,12-13,20H,10-11H2,1-7H3,(H,27,30)/t20-/m0/s1. The summed E-state index contributed by atoms with van der Waals surface area (Å²) in [5.41, 5.74) is 0.302. The van der Waals surface area contributed by atoms with Crippen LogP contribution < -0.4 is 15.2 Å². The Hall–Kier alpha value is -3.01. The molecular formula is C24H31F2N3O4Si. The first kappa shape index (κ1) is 25.6. The van der Waals surface area contributed by atoms with E-state index in [1.165, 1.54) is 12.0 Å². The Labute approximate surface area is 199 Å². The lowest BCUT2D eigenvalue weighted by Crippen LogP contribution is -2.47. The van der Waals surface area contributed by atoms with Gasteiger partial charge in [-0.05, 0) is 39.0 Å². The van der Waals surface area contributed by atoms with Gasteiger partial charge in [0.15, 0.2) is 0 Å². The van der Waals surface area contributed by atoms with Gasteiger partial charge in [-0.25, -0.2) is 18.6 Å². The molecule has 2 aromatic rings. The van der Waals surface area contributed by atoms with Crippen LogP contribution in [-0.2, 0) is 16.0 Å². The molecule has 1 aliphatic heterocycles. The lowest BCUT2D eigenvalue weighted by atomic mass is 9.96. The number of amides is 2. The summed E-state index contributed by atoms with van der Waals surface area (Å²) >= 11 is 0. The van der Waals surface area contributed by atoms with Gasteiger partial charge >= 0.3 is 6.09 Å². The Balaban J connectivity index is 1.99. The molecule has 7 nitrogen and oxygen atoms in total. The Morgan fingerprint density at radius 3 is 2.29 bits per heavy atom. The van der Waals surface area contributed by atoms with Gasteiger partial charge in [-0.15, -0.1) is 0 Å². The second kappa shape index (κ2) is 9.32. The molecule has 2 heterocycles. The molecule has 0 bridgehead atoms. The lowest BCUT2D eigenvalue weighted by Gasteiger charge is -2.36. The summed E-state index contributed by atoms with van der Waals surface area (Å²) in [6.07, 6.45) is -0.274. The molecule has 0 saturated heterocycles. The molecule has 1 atom stereocenters. The van der Waals surface area contributed by atoms with Crippen molar-refractivity contribution in [3.05, 3.63) is 47.2 Å². The number of ether oxygens (including phenoxy) is 2. The number of pyridine rings is 1. The summed E-state index contributed by atoms with van der Waals surface area (Å²) in [4.78, 5) is 32.1. The first-order chi connectivity index (χ1) is 15.7. The predicted octanol–water partition coefficient (Wildman–Crippen LogP) is 4.39. The quantitative estimate of drug-likeness (QED) is 0.642. The van der Waals surface area contributed by atoms with Crippen molar-refractivity contribution in [3.63, 3.8) is 0 Å². The number of rotatable bonds is 4. The maximum absolute atomic E-state index is 14.7. The molecule has 2 amide bonds. The van der Waals surface area contributed by atoms with E-state index in [2.05, 4.69) is 10.3 Å². The average Bonchev–Trinajstić information content (AvgIpc) is 2.69. The molecule has 10 heteroatoms. The molecule has 0 spiro atoms. The van der Waals surface area contributed by atoms with Crippen molar-refractivity contribution in [3.8, 4) is 5.88 Å². The van der Waals surface area contributed by atoms with E-state index in [-0.39, 0.29) is 17.4 Å². The maximum atomic E-state index is 14.7. The van der Waals surface area contributed by atoms with Crippen LogP contribution in [0.1, 0.15) is 38.1 Å². The van der Waals surface area contributed by atoms with Crippen molar-refractivity contribution in [2.75, 3.05) is 19.0 Å². The molecular weight excluding hydrogens is 460 g/mol. The molecule has 0 fully saturated rings. The highest BCUT2D eigenvalue weighted by molar-refractivity contribution is 6.88. The van der Waals surface area contributed by atoms with Crippen molar-refractivity contribution in [1.82, 2.24) is 9.88 Å². The van der Waals surface area contributed by atoms with Crippen molar-refractivity contribution in [1.29, 1.82) is 0 Å². The second-order valence-corrected chi connectivity index (χ2v) is 15.3. The number of aromatic nitrogens is 1. The minimum absolute atomic E-state index is 0.0280. The number of benzene rings is 1. The number of carbonyl (C=O) groups is 2. The fourth-order valence-electron chi connectivity index (χ4n) is 3.95. The van der Waals surface area contributed by atoms with E-state index in [1.54, 1.807) is 32.9 Å². The first-order valence-corrected chi connectivity index (χ1v) is 14.5. The fraction of sp³-hybridized carbons (Fsp3) is 0.458. The van der Waals surface area contributed by atoms with Crippen LogP contribution >= 0.6 is 0 Å². The minimum atomic E-state index is -2.28. The van der Waals surface area contributed by atoms with Crippen LogP contribution in [0, 0.1) is 11.6 Å². The van der Waals surface area contributed by atoms with E-state index in [0.717, 1.165) is 12.1 Å². The maximum Gasteiger partial charge on any atom is 0.411 e. The van der Waals surface area contributed by atoms with Crippen molar-refractivity contribution >= 4 is 30.9 Å².